The van der Waals surface area contributed by atoms with E-state index in [2.05, 4.69) is 5.32 Å². The molecule has 0 saturated heterocycles. The minimum atomic E-state index is -3.48. The quantitative estimate of drug-likeness (QED) is 0.752. The molecule has 2 aromatic carbocycles. The summed E-state index contributed by atoms with van der Waals surface area (Å²) in [7, 11) is -3.48. The Bertz CT molecular complexity index is 953. The predicted molar refractivity (Wildman–Crippen MR) is 112 cm³/mol. The molecule has 1 amide bonds. The summed E-state index contributed by atoms with van der Waals surface area (Å²) in [4.78, 5) is 13.0. The van der Waals surface area contributed by atoms with E-state index in [0.29, 0.717) is 26.1 Å². The molecule has 1 aliphatic rings. The molecule has 0 radical (unpaired) electrons. The molecule has 2 atom stereocenters. The normalized spacial score (nSPS) is 17.3. The van der Waals surface area contributed by atoms with Crippen molar-refractivity contribution in [3.63, 3.8) is 0 Å². The number of carbonyl (C=O) groups is 1. The van der Waals surface area contributed by atoms with Gasteiger partial charge in [-0.15, -0.1) is 0 Å². The third-order valence-corrected chi connectivity index (χ3v) is 7.40. The second kappa shape index (κ2) is 8.97. The van der Waals surface area contributed by atoms with Crippen LogP contribution in [0.3, 0.4) is 0 Å². The van der Waals surface area contributed by atoms with Gasteiger partial charge < -0.3 is 10.1 Å². The molecule has 0 spiro atoms. The summed E-state index contributed by atoms with van der Waals surface area (Å²) in [5.41, 5.74) is 1.89. The molecular formula is C22H28N2O4S. The van der Waals surface area contributed by atoms with Crippen LogP contribution >= 0.6 is 0 Å². The lowest BCUT2D eigenvalue weighted by Gasteiger charge is -2.26. The van der Waals surface area contributed by atoms with Gasteiger partial charge in [-0.25, -0.2) is 8.42 Å². The van der Waals surface area contributed by atoms with Crippen LogP contribution in [0.4, 0.5) is 0 Å². The first-order chi connectivity index (χ1) is 13.9. The van der Waals surface area contributed by atoms with E-state index in [1.54, 1.807) is 24.3 Å². The van der Waals surface area contributed by atoms with Crippen LogP contribution in [0.5, 0.6) is 5.75 Å². The summed E-state index contributed by atoms with van der Waals surface area (Å²) in [6.45, 7) is 6.75. The zero-order chi connectivity index (χ0) is 21.0. The number of hydrogen-bond donors (Lipinski definition) is 1. The molecule has 0 aromatic heterocycles. The van der Waals surface area contributed by atoms with E-state index in [-0.39, 0.29) is 22.8 Å². The van der Waals surface area contributed by atoms with Crippen LogP contribution in [0.15, 0.2) is 53.4 Å². The second-order valence-electron chi connectivity index (χ2n) is 7.21. The van der Waals surface area contributed by atoms with Crippen molar-refractivity contribution >= 4 is 15.9 Å². The molecule has 29 heavy (non-hydrogen) atoms. The van der Waals surface area contributed by atoms with E-state index in [9.17, 15) is 13.2 Å². The van der Waals surface area contributed by atoms with Gasteiger partial charge in [0.25, 0.3) is 0 Å². The Kier molecular flexibility index (Phi) is 6.59. The highest BCUT2D eigenvalue weighted by atomic mass is 32.2. The Hall–Kier alpha value is -2.38. The Morgan fingerprint density at radius 2 is 1.79 bits per heavy atom. The molecule has 0 aliphatic carbocycles. The maximum atomic E-state index is 12.7. The minimum absolute atomic E-state index is 0.0631. The average Bonchev–Trinajstić information content (AvgIpc) is 2.74. The summed E-state index contributed by atoms with van der Waals surface area (Å²) >= 11 is 0. The Morgan fingerprint density at radius 3 is 2.45 bits per heavy atom. The largest absolute Gasteiger partial charge is 0.492 e. The number of ether oxygens (including phenoxy) is 1. The van der Waals surface area contributed by atoms with Crippen molar-refractivity contribution in [2.24, 2.45) is 5.92 Å². The summed E-state index contributed by atoms with van der Waals surface area (Å²) in [5, 5.41) is 3.02. The smallest absolute Gasteiger partial charge is 0.243 e. The second-order valence-corrected chi connectivity index (χ2v) is 9.15. The number of amides is 1. The van der Waals surface area contributed by atoms with E-state index >= 15 is 0 Å². The number of benzene rings is 2. The molecule has 2 unspecified atom stereocenters. The fourth-order valence-corrected chi connectivity index (χ4v) is 5.01. The van der Waals surface area contributed by atoms with Crippen LogP contribution in [0.2, 0.25) is 0 Å². The van der Waals surface area contributed by atoms with Crippen LogP contribution in [0.1, 0.15) is 37.9 Å². The van der Waals surface area contributed by atoms with E-state index in [1.807, 2.05) is 45.0 Å². The summed E-state index contributed by atoms with van der Waals surface area (Å²) < 4.78 is 32.3. The highest BCUT2D eigenvalue weighted by Gasteiger charge is 2.27. The fraction of sp³-hybridized carbons (Fsp3) is 0.409. The lowest BCUT2D eigenvalue weighted by atomic mass is 9.95. The molecule has 2 aromatic rings. The van der Waals surface area contributed by atoms with Crippen molar-refractivity contribution in [2.75, 3.05) is 19.7 Å². The van der Waals surface area contributed by atoms with Gasteiger partial charge in [-0.1, -0.05) is 44.2 Å². The van der Waals surface area contributed by atoms with Crippen LogP contribution in [0, 0.1) is 5.92 Å². The number of nitrogens with zero attached hydrogens (tertiary/aromatic N) is 1. The summed E-state index contributed by atoms with van der Waals surface area (Å²) in [6.07, 6.45) is 0.649. The zero-order valence-electron chi connectivity index (χ0n) is 17.1. The molecule has 156 valence electrons. The van der Waals surface area contributed by atoms with Gasteiger partial charge in [0.1, 0.15) is 12.4 Å². The Morgan fingerprint density at radius 1 is 1.14 bits per heavy atom. The highest BCUT2D eigenvalue weighted by Crippen LogP contribution is 2.27. The van der Waals surface area contributed by atoms with Crippen LogP contribution < -0.4 is 10.1 Å². The molecule has 1 aliphatic heterocycles. The summed E-state index contributed by atoms with van der Waals surface area (Å²) in [5.74, 6) is 0.538. The first kappa shape index (κ1) is 21.3. The third kappa shape index (κ3) is 4.62. The third-order valence-electron chi connectivity index (χ3n) is 5.33. The van der Waals surface area contributed by atoms with Gasteiger partial charge in [-0.3, -0.25) is 4.79 Å². The van der Waals surface area contributed by atoms with Gasteiger partial charge in [0.05, 0.1) is 16.9 Å². The van der Waals surface area contributed by atoms with Gasteiger partial charge >= 0.3 is 0 Å². The monoisotopic (exact) mass is 416 g/mol. The standard InChI is InChI=1S/C22H28N2O4S/c1-4-24(5-2)29(26,27)20-12-10-17(11-13-20)16(3)23-22(25)19-14-18-8-6-7-9-21(18)28-15-19/h6-13,16,19H,4-5,14-15H2,1-3H3,(H,23,25). The van der Waals surface area contributed by atoms with Crippen molar-refractivity contribution in [2.45, 2.75) is 38.1 Å². The molecule has 0 bridgehead atoms. The number of para-hydroxylation sites is 1. The van der Waals surface area contributed by atoms with Crippen molar-refractivity contribution in [3.05, 3.63) is 59.7 Å². The molecule has 0 saturated carbocycles. The van der Waals surface area contributed by atoms with Crippen LogP contribution in [-0.2, 0) is 21.2 Å². The Labute approximate surface area is 172 Å². The molecule has 7 heteroatoms. The van der Waals surface area contributed by atoms with Gasteiger partial charge in [0, 0.05) is 13.1 Å². The van der Waals surface area contributed by atoms with Crippen molar-refractivity contribution in [1.82, 2.24) is 9.62 Å². The molecule has 3 rings (SSSR count). The van der Waals surface area contributed by atoms with Crippen LogP contribution in [-0.4, -0.2) is 38.3 Å². The Balaban J connectivity index is 1.65. The fourth-order valence-electron chi connectivity index (χ4n) is 3.55. The minimum Gasteiger partial charge on any atom is -0.492 e. The summed E-state index contributed by atoms with van der Waals surface area (Å²) in [6, 6.07) is 14.3. The maximum absolute atomic E-state index is 12.7. The number of rotatable bonds is 7. The van der Waals surface area contributed by atoms with Crippen molar-refractivity contribution < 1.29 is 17.9 Å². The number of carbonyl (C=O) groups excluding carboxylic acids is 1. The first-order valence-corrected chi connectivity index (χ1v) is 11.4. The number of hydrogen-bond acceptors (Lipinski definition) is 4. The lowest BCUT2D eigenvalue weighted by molar-refractivity contribution is -0.126. The van der Waals surface area contributed by atoms with Gasteiger partial charge in [0.2, 0.25) is 15.9 Å². The molecule has 1 N–H and O–H groups in total. The molecule has 1 heterocycles. The zero-order valence-corrected chi connectivity index (χ0v) is 17.9. The first-order valence-electron chi connectivity index (χ1n) is 9.98. The van der Waals surface area contributed by atoms with Crippen molar-refractivity contribution in [3.8, 4) is 5.75 Å². The van der Waals surface area contributed by atoms with Crippen LogP contribution in [0.25, 0.3) is 0 Å². The van der Waals surface area contributed by atoms with E-state index in [1.165, 1.54) is 4.31 Å². The molecule has 0 fully saturated rings. The number of fused-ring (bicyclic) bond motifs is 1. The lowest BCUT2D eigenvalue weighted by Crippen LogP contribution is -2.38. The number of sulfonamides is 1. The van der Waals surface area contributed by atoms with E-state index in [0.717, 1.165) is 16.9 Å². The van der Waals surface area contributed by atoms with Gasteiger partial charge in [-0.2, -0.15) is 4.31 Å². The van der Waals surface area contributed by atoms with E-state index < -0.39 is 10.0 Å². The van der Waals surface area contributed by atoms with E-state index in [4.69, 9.17) is 4.74 Å². The highest BCUT2D eigenvalue weighted by molar-refractivity contribution is 7.89. The topological polar surface area (TPSA) is 75.7 Å². The molecular weight excluding hydrogens is 388 g/mol. The SMILES string of the molecule is CCN(CC)S(=O)(=O)c1ccc(C(C)NC(=O)C2COc3ccccc3C2)cc1. The average molecular weight is 417 g/mol. The maximum Gasteiger partial charge on any atom is 0.243 e. The predicted octanol–water partition coefficient (Wildman–Crippen LogP) is 3.15. The van der Waals surface area contributed by atoms with Gasteiger partial charge in [0.15, 0.2) is 0 Å². The number of nitrogens with one attached hydrogen (secondary N) is 1. The molecule has 6 nitrogen and oxygen atoms in total. The van der Waals surface area contributed by atoms with Crippen molar-refractivity contribution in [1.29, 1.82) is 0 Å². The van der Waals surface area contributed by atoms with Gasteiger partial charge in [-0.05, 0) is 42.7 Å².